The van der Waals surface area contributed by atoms with E-state index in [0.29, 0.717) is 19.4 Å². The largest absolute Gasteiger partial charge is 0.466 e. The number of amides is 1. The quantitative estimate of drug-likeness (QED) is 0.0320. The fraction of sp³-hybridized carbons (Fsp3) is 0.908. The Balaban J connectivity index is 3.36. The Hall–Kier alpha value is -1.66. The van der Waals surface area contributed by atoms with Crippen LogP contribution in [0.1, 0.15) is 354 Å². The molecule has 420 valence electrons. The Kier molecular flexibility index (Phi) is 59.5. The number of carbonyl (C=O) groups is 2. The van der Waals surface area contributed by atoms with Crippen LogP contribution in [0, 0.1) is 0 Å². The Morgan fingerprint density at radius 1 is 0.380 bits per heavy atom. The number of rotatable bonds is 60. The number of ether oxygens (including phenoxy) is 1. The summed E-state index contributed by atoms with van der Waals surface area (Å²) in [6.07, 6.45) is 75.3. The van der Waals surface area contributed by atoms with Gasteiger partial charge >= 0.3 is 5.97 Å². The van der Waals surface area contributed by atoms with Gasteiger partial charge < -0.3 is 20.3 Å². The standard InChI is InChI=1S/C65H125NO5/c1-3-5-7-9-11-13-15-38-41-45-49-53-57-63(68)62(61-67)66-64(69)58-54-50-46-42-39-35-33-31-29-27-25-23-21-19-17-16-18-20-22-24-26-28-30-32-34-36-40-44-48-52-56-60-71-65(70)59-55-51-47-43-37-14-12-10-8-6-4-2/h18,20,53,57,62-63,67-68H,3-17,19,21-52,54-56,58-61H2,1-2H3,(H,66,69)/b20-18-,57-53+. The molecule has 0 aliphatic rings. The second-order valence-electron chi connectivity index (χ2n) is 22.1. The number of unbranched alkanes of at least 4 members (excludes halogenated alkanes) is 47. The van der Waals surface area contributed by atoms with E-state index in [9.17, 15) is 19.8 Å². The molecule has 2 atom stereocenters. The summed E-state index contributed by atoms with van der Waals surface area (Å²) in [5.74, 6) is -0.0481. The summed E-state index contributed by atoms with van der Waals surface area (Å²) in [4.78, 5) is 24.4. The molecule has 0 aliphatic carbocycles. The van der Waals surface area contributed by atoms with Crippen LogP contribution in [0.2, 0.25) is 0 Å². The number of hydrogen-bond acceptors (Lipinski definition) is 5. The monoisotopic (exact) mass is 1000 g/mol. The van der Waals surface area contributed by atoms with Gasteiger partial charge in [0.1, 0.15) is 0 Å². The lowest BCUT2D eigenvalue weighted by atomic mass is 10.0. The maximum atomic E-state index is 12.4. The zero-order valence-electron chi connectivity index (χ0n) is 48.0. The van der Waals surface area contributed by atoms with E-state index in [1.165, 1.54) is 289 Å². The maximum Gasteiger partial charge on any atom is 0.305 e. The molecule has 0 aliphatic heterocycles. The second-order valence-corrected chi connectivity index (χ2v) is 22.1. The van der Waals surface area contributed by atoms with Gasteiger partial charge in [-0.1, -0.05) is 308 Å². The highest BCUT2D eigenvalue weighted by molar-refractivity contribution is 5.76. The summed E-state index contributed by atoms with van der Waals surface area (Å²) in [5, 5.41) is 23.1. The molecule has 0 saturated heterocycles. The molecule has 2 unspecified atom stereocenters. The van der Waals surface area contributed by atoms with E-state index >= 15 is 0 Å². The molecule has 0 saturated carbocycles. The highest BCUT2D eigenvalue weighted by atomic mass is 16.5. The van der Waals surface area contributed by atoms with Crippen LogP contribution in [-0.2, 0) is 14.3 Å². The highest BCUT2D eigenvalue weighted by Gasteiger charge is 2.18. The predicted molar refractivity (Wildman–Crippen MR) is 310 cm³/mol. The van der Waals surface area contributed by atoms with Gasteiger partial charge in [0, 0.05) is 12.8 Å². The lowest BCUT2D eigenvalue weighted by Gasteiger charge is -2.20. The molecule has 0 spiro atoms. The van der Waals surface area contributed by atoms with Gasteiger partial charge in [-0.15, -0.1) is 0 Å². The fourth-order valence-corrected chi connectivity index (χ4v) is 10.0. The topological polar surface area (TPSA) is 95.9 Å². The van der Waals surface area contributed by atoms with E-state index in [4.69, 9.17) is 4.74 Å². The third kappa shape index (κ3) is 57.5. The average Bonchev–Trinajstić information content (AvgIpc) is 3.37. The third-order valence-corrected chi connectivity index (χ3v) is 15.0. The lowest BCUT2D eigenvalue weighted by Crippen LogP contribution is -2.45. The van der Waals surface area contributed by atoms with E-state index < -0.39 is 12.1 Å². The van der Waals surface area contributed by atoms with Crippen molar-refractivity contribution >= 4 is 11.9 Å². The van der Waals surface area contributed by atoms with E-state index in [2.05, 4.69) is 31.3 Å². The van der Waals surface area contributed by atoms with Crippen LogP contribution in [0.25, 0.3) is 0 Å². The van der Waals surface area contributed by atoms with Crippen LogP contribution in [-0.4, -0.2) is 47.4 Å². The molecular formula is C65H125NO5. The number of nitrogens with one attached hydrogen (secondary N) is 1. The zero-order valence-corrected chi connectivity index (χ0v) is 48.0. The van der Waals surface area contributed by atoms with Crippen molar-refractivity contribution < 1.29 is 24.5 Å². The second kappa shape index (κ2) is 60.9. The molecule has 71 heavy (non-hydrogen) atoms. The molecule has 0 aromatic carbocycles. The normalized spacial score (nSPS) is 12.7. The highest BCUT2D eigenvalue weighted by Crippen LogP contribution is 2.18. The summed E-state index contributed by atoms with van der Waals surface area (Å²) in [6, 6.07) is -0.624. The molecule has 0 aromatic rings. The Bertz CT molecular complexity index is 1110. The number of esters is 1. The van der Waals surface area contributed by atoms with Gasteiger partial charge in [-0.2, -0.15) is 0 Å². The van der Waals surface area contributed by atoms with Crippen molar-refractivity contribution in [2.45, 2.75) is 366 Å². The number of carbonyl (C=O) groups excluding carboxylic acids is 2. The molecular weight excluding hydrogens is 875 g/mol. The molecule has 1 amide bonds. The minimum atomic E-state index is -0.841. The Labute approximate surface area is 443 Å². The molecule has 6 heteroatoms. The van der Waals surface area contributed by atoms with Gasteiger partial charge in [-0.3, -0.25) is 9.59 Å². The van der Waals surface area contributed by atoms with Crippen molar-refractivity contribution in [1.82, 2.24) is 5.32 Å². The van der Waals surface area contributed by atoms with Crippen LogP contribution < -0.4 is 5.32 Å². The summed E-state index contributed by atoms with van der Waals surface area (Å²) in [7, 11) is 0. The summed E-state index contributed by atoms with van der Waals surface area (Å²) < 4.78 is 5.47. The van der Waals surface area contributed by atoms with Crippen LogP contribution in [0.4, 0.5) is 0 Å². The van der Waals surface area contributed by atoms with Gasteiger partial charge in [0.25, 0.3) is 0 Å². The van der Waals surface area contributed by atoms with Crippen LogP contribution in [0.15, 0.2) is 24.3 Å². The Morgan fingerprint density at radius 3 is 1.00 bits per heavy atom. The average molecular weight is 1000 g/mol. The molecule has 0 fully saturated rings. The minimum absolute atomic E-state index is 0.0173. The predicted octanol–water partition coefficient (Wildman–Crippen LogP) is 20.2. The summed E-state index contributed by atoms with van der Waals surface area (Å²) in [6.45, 7) is 4.91. The fourth-order valence-electron chi connectivity index (χ4n) is 10.0. The van der Waals surface area contributed by atoms with Gasteiger partial charge in [-0.05, 0) is 57.8 Å². The van der Waals surface area contributed by atoms with Gasteiger partial charge in [-0.25, -0.2) is 0 Å². The van der Waals surface area contributed by atoms with E-state index in [1.807, 2.05) is 6.08 Å². The minimum Gasteiger partial charge on any atom is -0.466 e. The van der Waals surface area contributed by atoms with Crippen molar-refractivity contribution in [2.24, 2.45) is 0 Å². The van der Waals surface area contributed by atoms with Crippen LogP contribution in [0.3, 0.4) is 0 Å². The van der Waals surface area contributed by atoms with Crippen molar-refractivity contribution in [3.8, 4) is 0 Å². The molecule has 0 rings (SSSR count). The number of allylic oxidation sites excluding steroid dienone is 3. The maximum absolute atomic E-state index is 12.4. The summed E-state index contributed by atoms with van der Waals surface area (Å²) in [5.41, 5.74) is 0. The van der Waals surface area contributed by atoms with Crippen molar-refractivity contribution in [3.05, 3.63) is 24.3 Å². The SMILES string of the molecule is CCCCCCCCCCCC/C=C/C(O)C(CO)NC(=O)CCCCCCCCCCCCCCCCC/C=C\CCCCCCCCCCCCCCOC(=O)CCCCCCCCCCCCC. The van der Waals surface area contributed by atoms with Crippen molar-refractivity contribution in [2.75, 3.05) is 13.2 Å². The van der Waals surface area contributed by atoms with E-state index in [-0.39, 0.29) is 18.5 Å². The Morgan fingerprint density at radius 2 is 0.662 bits per heavy atom. The number of aliphatic hydroxyl groups excluding tert-OH is 2. The molecule has 6 nitrogen and oxygen atoms in total. The first-order valence-corrected chi connectivity index (χ1v) is 32.1. The summed E-state index contributed by atoms with van der Waals surface area (Å²) >= 11 is 0. The van der Waals surface area contributed by atoms with Gasteiger partial charge in [0.2, 0.25) is 5.91 Å². The molecule has 0 aromatic heterocycles. The first-order valence-electron chi connectivity index (χ1n) is 32.1. The molecule has 0 radical (unpaired) electrons. The third-order valence-electron chi connectivity index (χ3n) is 15.0. The number of aliphatic hydroxyl groups is 2. The zero-order chi connectivity index (χ0) is 51.4. The molecule has 3 N–H and O–H groups in total. The first kappa shape index (κ1) is 69.3. The van der Waals surface area contributed by atoms with Gasteiger partial charge in [0.05, 0.1) is 25.4 Å². The molecule has 0 bridgehead atoms. The van der Waals surface area contributed by atoms with Gasteiger partial charge in [0.15, 0.2) is 0 Å². The van der Waals surface area contributed by atoms with Crippen LogP contribution in [0.5, 0.6) is 0 Å². The first-order chi connectivity index (χ1) is 35.0. The van der Waals surface area contributed by atoms with Crippen LogP contribution >= 0.6 is 0 Å². The lowest BCUT2D eigenvalue weighted by molar-refractivity contribution is -0.143. The van der Waals surface area contributed by atoms with Crippen molar-refractivity contribution in [3.63, 3.8) is 0 Å². The molecule has 0 heterocycles. The van der Waals surface area contributed by atoms with Crippen molar-refractivity contribution in [1.29, 1.82) is 0 Å². The smallest absolute Gasteiger partial charge is 0.305 e. The van der Waals surface area contributed by atoms with E-state index in [0.717, 1.165) is 38.5 Å². The van der Waals surface area contributed by atoms with E-state index in [1.54, 1.807) is 6.08 Å². The number of hydrogen-bond donors (Lipinski definition) is 3.